The predicted molar refractivity (Wildman–Crippen MR) is 116 cm³/mol. The number of anilines is 1. The number of benzene rings is 2. The number of allylic oxidation sites excluding steroid dienone is 1. The van der Waals surface area contributed by atoms with Gasteiger partial charge in [0.15, 0.2) is 11.7 Å². The molecule has 0 fully saturated rings. The van der Waals surface area contributed by atoms with Crippen molar-refractivity contribution in [1.82, 2.24) is 9.97 Å². The molecule has 0 aliphatic carbocycles. The number of rotatable bonds is 6. The highest BCUT2D eigenvalue weighted by Gasteiger charge is 2.11. The number of thiazole rings is 2. The highest BCUT2D eigenvalue weighted by Crippen LogP contribution is 2.30. The van der Waals surface area contributed by atoms with Crippen LogP contribution in [0.2, 0.25) is 0 Å². The smallest absolute Gasteiger partial charge is 0.264 e. The van der Waals surface area contributed by atoms with Crippen LogP contribution in [0.3, 0.4) is 0 Å². The molecule has 4 aromatic rings. The van der Waals surface area contributed by atoms with Crippen molar-refractivity contribution in [2.45, 2.75) is 0 Å². The van der Waals surface area contributed by atoms with E-state index in [9.17, 15) is 10.1 Å². The molecule has 0 saturated carbocycles. The van der Waals surface area contributed by atoms with Gasteiger partial charge in [-0.25, -0.2) is 9.97 Å². The van der Waals surface area contributed by atoms with E-state index in [0.717, 1.165) is 10.2 Å². The van der Waals surface area contributed by atoms with Gasteiger partial charge in [-0.2, -0.15) is 5.26 Å². The first-order valence-corrected chi connectivity index (χ1v) is 10.3. The number of nitrogens with zero attached hydrogens (tertiary/aromatic N) is 3. The Balaban J connectivity index is 1.55. The summed E-state index contributed by atoms with van der Waals surface area (Å²) in [7, 11) is 0. The van der Waals surface area contributed by atoms with Gasteiger partial charge in [-0.1, -0.05) is 30.3 Å². The van der Waals surface area contributed by atoms with E-state index in [-0.39, 0.29) is 12.5 Å². The van der Waals surface area contributed by atoms with Gasteiger partial charge in [-0.05, 0) is 24.3 Å². The lowest BCUT2D eigenvalue weighted by Crippen LogP contribution is -2.20. The molecule has 2 heterocycles. The number of carbonyl (C=O) groups excluding carboxylic acids is 1. The van der Waals surface area contributed by atoms with E-state index in [1.54, 1.807) is 23.7 Å². The minimum absolute atomic E-state index is 0.159. The second kappa shape index (κ2) is 8.65. The van der Waals surface area contributed by atoms with Crippen LogP contribution in [-0.2, 0) is 4.79 Å². The van der Waals surface area contributed by atoms with Gasteiger partial charge in [0.1, 0.15) is 16.8 Å². The maximum Gasteiger partial charge on any atom is 0.264 e. The van der Waals surface area contributed by atoms with Gasteiger partial charge >= 0.3 is 0 Å². The van der Waals surface area contributed by atoms with Crippen molar-refractivity contribution in [3.63, 3.8) is 0 Å². The summed E-state index contributed by atoms with van der Waals surface area (Å²) in [6, 6.07) is 17.2. The Morgan fingerprint density at radius 3 is 2.83 bits per heavy atom. The zero-order valence-electron chi connectivity index (χ0n) is 15.0. The highest BCUT2D eigenvalue weighted by atomic mass is 32.1. The molecule has 1 amide bonds. The summed E-state index contributed by atoms with van der Waals surface area (Å²) in [5, 5.41) is 15.3. The van der Waals surface area contributed by atoms with Gasteiger partial charge in [0.05, 0.1) is 15.8 Å². The number of amides is 1. The fraction of sp³-hybridized carbons (Fsp3) is 0.0476. The van der Waals surface area contributed by atoms with Gasteiger partial charge in [0.2, 0.25) is 0 Å². The molecule has 142 valence electrons. The van der Waals surface area contributed by atoms with Gasteiger partial charge in [0.25, 0.3) is 5.91 Å². The quantitative estimate of drug-likeness (QED) is 0.453. The van der Waals surface area contributed by atoms with Crippen LogP contribution in [0.1, 0.15) is 10.6 Å². The second-order valence-electron chi connectivity index (χ2n) is 5.87. The van der Waals surface area contributed by atoms with Gasteiger partial charge in [-0.15, -0.1) is 22.7 Å². The normalized spacial score (nSPS) is 11.2. The van der Waals surface area contributed by atoms with Crippen molar-refractivity contribution in [3.05, 3.63) is 70.7 Å². The van der Waals surface area contributed by atoms with Crippen LogP contribution >= 0.6 is 22.7 Å². The summed E-state index contributed by atoms with van der Waals surface area (Å²) < 4.78 is 6.70. The molecule has 0 unspecified atom stereocenters. The van der Waals surface area contributed by atoms with Gasteiger partial charge in [0, 0.05) is 17.1 Å². The lowest BCUT2D eigenvalue weighted by molar-refractivity contribution is -0.118. The van der Waals surface area contributed by atoms with Crippen molar-refractivity contribution in [1.29, 1.82) is 5.26 Å². The number of ether oxygens (including phenoxy) is 1. The van der Waals surface area contributed by atoms with E-state index >= 15 is 0 Å². The summed E-state index contributed by atoms with van der Waals surface area (Å²) in [4.78, 5) is 20.6. The molecule has 29 heavy (non-hydrogen) atoms. The average molecular weight is 419 g/mol. The zero-order chi connectivity index (χ0) is 20.1. The predicted octanol–water partition coefficient (Wildman–Crippen LogP) is 4.83. The Morgan fingerprint density at radius 2 is 2.03 bits per heavy atom. The number of aromatic nitrogens is 2. The Hall–Kier alpha value is -3.54. The number of fused-ring (bicyclic) bond motifs is 1. The number of carbonyl (C=O) groups is 1. The standard InChI is InChI=1S/C21H14N4O2S2/c22-12-15(20-24-16-6-2-4-8-18(16)29-20)11-14-5-1-3-7-17(14)27-13-19(26)25-21-23-9-10-28-21/h1-11H,13H2,(H,23,25,26). The number of hydrogen-bond acceptors (Lipinski definition) is 7. The third-order valence-corrected chi connectivity index (χ3v) is 5.66. The van der Waals surface area contributed by atoms with Crippen LogP contribution < -0.4 is 10.1 Å². The van der Waals surface area contributed by atoms with Crippen molar-refractivity contribution in [3.8, 4) is 11.8 Å². The van der Waals surface area contributed by atoms with Crippen LogP contribution in [-0.4, -0.2) is 22.5 Å². The van der Waals surface area contributed by atoms with E-state index in [1.807, 2.05) is 42.5 Å². The molecule has 0 spiro atoms. The number of nitriles is 1. The molecular formula is C21H14N4O2S2. The summed E-state index contributed by atoms with van der Waals surface area (Å²) in [5.74, 6) is 0.209. The zero-order valence-corrected chi connectivity index (χ0v) is 16.7. The van der Waals surface area contributed by atoms with Crippen LogP contribution in [0.25, 0.3) is 21.9 Å². The highest BCUT2D eigenvalue weighted by molar-refractivity contribution is 7.19. The average Bonchev–Trinajstić information content (AvgIpc) is 3.40. The van der Waals surface area contributed by atoms with Crippen LogP contribution in [0, 0.1) is 11.3 Å². The minimum atomic E-state index is -0.301. The molecule has 2 aromatic heterocycles. The molecule has 6 nitrogen and oxygen atoms in total. The summed E-state index contributed by atoms with van der Waals surface area (Å²) in [6.07, 6.45) is 3.35. The van der Waals surface area contributed by atoms with E-state index in [1.165, 1.54) is 22.7 Å². The van der Waals surface area contributed by atoms with E-state index < -0.39 is 0 Å². The largest absolute Gasteiger partial charge is 0.483 e. The third-order valence-electron chi connectivity index (χ3n) is 3.90. The maximum absolute atomic E-state index is 12.0. The molecule has 0 bridgehead atoms. The SMILES string of the molecule is N#CC(=Cc1ccccc1OCC(=O)Nc1nccs1)c1nc2ccccc2s1. The molecule has 0 aliphatic heterocycles. The maximum atomic E-state index is 12.0. The second-order valence-corrected chi connectivity index (χ2v) is 7.79. The van der Waals surface area contributed by atoms with Crippen LogP contribution in [0.4, 0.5) is 5.13 Å². The topological polar surface area (TPSA) is 87.9 Å². The minimum Gasteiger partial charge on any atom is -0.483 e. The first-order valence-electron chi connectivity index (χ1n) is 8.62. The van der Waals surface area contributed by atoms with Crippen LogP contribution in [0.15, 0.2) is 60.1 Å². The summed E-state index contributed by atoms with van der Waals surface area (Å²) >= 11 is 2.80. The van der Waals surface area contributed by atoms with Gasteiger partial charge < -0.3 is 4.74 Å². The van der Waals surface area contributed by atoms with Gasteiger partial charge in [-0.3, -0.25) is 10.1 Å². The van der Waals surface area contributed by atoms with Crippen LogP contribution in [0.5, 0.6) is 5.75 Å². The lowest BCUT2D eigenvalue weighted by Gasteiger charge is -2.09. The fourth-order valence-corrected chi connectivity index (χ4v) is 4.08. The van der Waals surface area contributed by atoms with Crippen molar-refractivity contribution in [2.24, 2.45) is 0 Å². The number of hydrogen-bond donors (Lipinski definition) is 1. The first-order chi connectivity index (χ1) is 14.2. The Labute approximate surface area is 174 Å². The summed E-state index contributed by atoms with van der Waals surface area (Å²) in [5.41, 5.74) is 2.00. The number of nitrogens with one attached hydrogen (secondary N) is 1. The molecule has 8 heteroatoms. The molecule has 0 aliphatic rings. The molecule has 2 aromatic carbocycles. The fourth-order valence-electron chi connectivity index (χ4n) is 2.60. The molecule has 0 saturated heterocycles. The van der Waals surface area contributed by atoms with Crippen molar-refractivity contribution >= 4 is 55.6 Å². The van der Waals surface area contributed by atoms with Crippen molar-refractivity contribution < 1.29 is 9.53 Å². The molecule has 0 radical (unpaired) electrons. The molecule has 4 rings (SSSR count). The Bertz CT molecular complexity index is 1190. The first kappa shape index (κ1) is 18.8. The third kappa shape index (κ3) is 4.48. The monoisotopic (exact) mass is 418 g/mol. The number of para-hydroxylation sites is 2. The Morgan fingerprint density at radius 1 is 1.21 bits per heavy atom. The molecular weight excluding hydrogens is 404 g/mol. The van der Waals surface area contributed by atoms with E-state index in [0.29, 0.717) is 27.0 Å². The van der Waals surface area contributed by atoms with E-state index in [2.05, 4.69) is 21.4 Å². The summed E-state index contributed by atoms with van der Waals surface area (Å²) in [6.45, 7) is -0.159. The Kier molecular flexibility index (Phi) is 5.61. The molecule has 0 atom stereocenters. The molecule has 1 N–H and O–H groups in total. The van der Waals surface area contributed by atoms with Crippen molar-refractivity contribution in [2.75, 3.05) is 11.9 Å². The van der Waals surface area contributed by atoms with E-state index in [4.69, 9.17) is 4.74 Å². The lowest BCUT2D eigenvalue weighted by atomic mass is 10.1.